The van der Waals surface area contributed by atoms with E-state index in [2.05, 4.69) is 24.1 Å². The van der Waals surface area contributed by atoms with Crippen LogP contribution in [0.4, 0.5) is 0 Å². The van der Waals surface area contributed by atoms with Gasteiger partial charge in [-0.15, -0.1) is 0 Å². The lowest BCUT2D eigenvalue weighted by atomic mass is 9.91. The van der Waals surface area contributed by atoms with E-state index in [-0.39, 0.29) is 18.6 Å². The van der Waals surface area contributed by atoms with Crippen LogP contribution < -0.4 is 0 Å². The van der Waals surface area contributed by atoms with E-state index in [1.54, 1.807) is 0 Å². The molecule has 1 aromatic rings. The van der Waals surface area contributed by atoms with Crippen molar-refractivity contribution in [2.75, 3.05) is 7.05 Å². The summed E-state index contributed by atoms with van der Waals surface area (Å²) in [5, 5.41) is 8.57. The lowest BCUT2D eigenvalue weighted by molar-refractivity contribution is -0.153. The Kier molecular flexibility index (Phi) is 5.77. The second kappa shape index (κ2) is 7.80. The predicted octanol–water partition coefficient (Wildman–Crippen LogP) is 2.89. The first kappa shape index (κ1) is 15.5. The second-order valence-corrected chi connectivity index (χ2v) is 5.62. The molecule has 2 unspecified atom stereocenters. The number of nitriles is 1. The van der Waals surface area contributed by atoms with Crippen LogP contribution in [0.25, 0.3) is 0 Å². The first-order valence-electron chi connectivity index (χ1n) is 7.51. The molecule has 112 valence electrons. The minimum absolute atomic E-state index is 0.0895. The maximum Gasteiger partial charge on any atom is 0.320 e. The van der Waals surface area contributed by atoms with E-state index in [0.717, 1.165) is 32.2 Å². The molecule has 1 aromatic carbocycles. The number of likely N-dealkylation sites (N-methyl/N-ethyl adjacent to an activating group) is 1. The van der Waals surface area contributed by atoms with Gasteiger partial charge in [-0.05, 0) is 31.9 Å². The normalized spacial score (nSPS) is 21.8. The number of benzene rings is 1. The smallest absolute Gasteiger partial charge is 0.320 e. The number of hydrogen-bond acceptors (Lipinski definition) is 4. The Labute approximate surface area is 126 Å². The molecule has 2 rings (SSSR count). The quantitative estimate of drug-likeness (QED) is 0.781. The van der Waals surface area contributed by atoms with Gasteiger partial charge in [0.05, 0.1) is 6.07 Å². The molecule has 0 spiro atoms. The fourth-order valence-electron chi connectivity index (χ4n) is 2.98. The Balaban J connectivity index is 1.97. The Morgan fingerprint density at radius 2 is 2.05 bits per heavy atom. The Bertz CT molecular complexity index is 495. The summed E-state index contributed by atoms with van der Waals surface area (Å²) in [6.07, 6.45) is 3.92. The van der Waals surface area contributed by atoms with E-state index in [0.29, 0.717) is 0 Å². The average molecular weight is 286 g/mol. The number of carbonyl (C=O) groups is 1. The van der Waals surface area contributed by atoms with Gasteiger partial charge in [0.15, 0.2) is 0 Å². The lowest BCUT2D eigenvalue weighted by Crippen LogP contribution is -2.45. The maximum atomic E-state index is 11.6. The molecule has 1 saturated carbocycles. The van der Waals surface area contributed by atoms with Crippen molar-refractivity contribution >= 4 is 5.97 Å². The third-order valence-corrected chi connectivity index (χ3v) is 4.01. The second-order valence-electron chi connectivity index (χ2n) is 5.62. The molecule has 0 aliphatic heterocycles. The van der Waals surface area contributed by atoms with Gasteiger partial charge < -0.3 is 4.74 Å². The van der Waals surface area contributed by atoms with Crippen molar-refractivity contribution in [3.63, 3.8) is 0 Å². The molecule has 1 fully saturated rings. The van der Waals surface area contributed by atoms with Crippen molar-refractivity contribution in [1.82, 2.24) is 4.90 Å². The van der Waals surface area contributed by atoms with Crippen LogP contribution in [-0.4, -0.2) is 30.1 Å². The molecule has 2 atom stereocenters. The van der Waals surface area contributed by atoms with Crippen molar-refractivity contribution in [2.24, 2.45) is 0 Å². The molecule has 21 heavy (non-hydrogen) atoms. The van der Waals surface area contributed by atoms with Gasteiger partial charge >= 0.3 is 5.97 Å². The summed E-state index contributed by atoms with van der Waals surface area (Å²) < 4.78 is 5.50. The Morgan fingerprint density at radius 3 is 2.76 bits per heavy atom. The molecular weight excluding hydrogens is 264 g/mol. The maximum absolute atomic E-state index is 11.6. The van der Waals surface area contributed by atoms with Crippen LogP contribution in [0.15, 0.2) is 30.3 Å². The van der Waals surface area contributed by atoms with E-state index in [9.17, 15) is 4.79 Å². The molecule has 1 aliphatic rings. The van der Waals surface area contributed by atoms with Crippen molar-refractivity contribution in [1.29, 1.82) is 5.26 Å². The third-order valence-electron chi connectivity index (χ3n) is 4.01. The third kappa shape index (κ3) is 4.57. The van der Waals surface area contributed by atoms with E-state index < -0.39 is 5.97 Å². The zero-order valence-electron chi connectivity index (χ0n) is 12.5. The highest BCUT2D eigenvalue weighted by atomic mass is 16.5. The number of nitrogens with zero attached hydrogens (tertiary/aromatic N) is 2. The molecule has 0 radical (unpaired) electrons. The van der Waals surface area contributed by atoms with E-state index in [1.807, 2.05) is 24.3 Å². The van der Waals surface area contributed by atoms with E-state index in [4.69, 9.17) is 10.00 Å². The molecule has 0 amide bonds. The molecule has 1 aliphatic carbocycles. The molecular formula is C17H22N2O2. The zero-order valence-corrected chi connectivity index (χ0v) is 12.5. The minimum Gasteiger partial charge on any atom is -0.460 e. The first-order chi connectivity index (χ1) is 10.2. The van der Waals surface area contributed by atoms with Gasteiger partial charge in [-0.3, -0.25) is 9.69 Å². The van der Waals surface area contributed by atoms with Crippen LogP contribution in [0, 0.1) is 11.3 Å². The fourth-order valence-corrected chi connectivity index (χ4v) is 2.98. The molecule has 0 bridgehead atoms. The topological polar surface area (TPSA) is 53.3 Å². The average Bonchev–Trinajstić information content (AvgIpc) is 2.49. The highest BCUT2D eigenvalue weighted by Crippen LogP contribution is 2.26. The summed E-state index contributed by atoms with van der Waals surface area (Å²) in [5.74, 6) is -0.400. The van der Waals surface area contributed by atoms with Crippen LogP contribution in [-0.2, 0) is 16.1 Å². The van der Waals surface area contributed by atoms with Crippen molar-refractivity contribution in [2.45, 2.75) is 50.8 Å². The van der Waals surface area contributed by atoms with Gasteiger partial charge in [0.1, 0.15) is 12.5 Å². The fraction of sp³-hybridized carbons (Fsp3) is 0.529. The SMILES string of the molecule is CN(Cc1ccccc1)C1CCCCC1OC(=O)CC#N. The van der Waals surface area contributed by atoms with Crippen LogP contribution in [0.2, 0.25) is 0 Å². The number of carbonyl (C=O) groups excluding carboxylic acids is 1. The molecule has 0 heterocycles. The highest BCUT2D eigenvalue weighted by molar-refractivity contribution is 5.72. The molecule has 0 aromatic heterocycles. The van der Waals surface area contributed by atoms with Crippen molar-refractivity contribution in [3.05, 3.63) is 35.9 Å². The minimum atomic E-state index is -0.400. The van der Waals surface area contributed by atoms with Gasteiger partial charge in [-0.1, -0.05) is 36.8 Å². The van der Waals surface area contributed by atoms with Crippen molar-refractivity contribution in [3.8, 4) is 6.07 Å². The largest absolute Gasteiger partial charge is 0.460 e. The molecule has 0 N–H and O–H groups in total. The number of ether oxygens (including phenoxy) is 1. The summed E-state index contributed by atoms with van der Waals surface area (Å²) in [6.45, 7) is 0.845. The Hall–Kier alpha value is -1.86. The lowest BCUT2D eigenvalue weighted by Gasteiger charge is -2.37. The molecule has 4 heteroatoms. The van der Waals surface area contributed by atoms with Crippen LogP contribution in [0.1, 0.15) is 37.7 Å². The van der Waals surface area contributed by atoms with Crippen molar-refractivity contribution < 1.29 is 9.53 Å². The summed E-state index contributed by atoms with van der Waals surface area (Å²) in [4.78, 5) is 13.8. The monoisotopic (exact) mass is 286 g/mol. The zero-order chi connectivity index (χ0) is 15.1. The van der Waals surface area contributed by atoms with Crippen LogP contribution >= 0.6 is 0 Å². The van der Waals surface area contributed by atoms with Gasteiger partial charge in [0, 0.05) is 12.6 Å². The van der Waals surface area contributed by atoms with Crippen LogP contribution in [0.5, 0.6) is 0 Å². The number of rotatable bonds is 5. The standard InChI is InChI=1S/C17H22N2O2/c1-19(13-14-7-3-2-4-8-14)15-9-5-6-10-16(15)21-17(20)11-12-18/h2-4,7-8,15-16H,5-6,9-11,13H2,1H3. The Morgan fingerprint density at radius 1 is 1.33 bits per heavy atom. The summed E-state index contributed by atoms with van der Waals surface area (Å²) >= 11 is 0. The summed E-state index contributed by atoms with van der Waals surface area (Å²) in [7, 11) is 2.08. The van der Waals surface area contributed by atoms with Gasteiger partial charge in [-0.2, -0.15) is 5.26 Å². The number of hydrogen-bond donors (Lipinski definition) is 0. The highest BCUT2D eigenvalue weighted by Gasteiger charge is 2.31. The van der Waals surface area contributed by atoms with E-state index >= 15 is 0 Å². The predicted molar refractivity (Wildman–Crippen MR) is 80.3 cm³/mol. The molecule has 4 nitrogen and oxygen atoms in total. The first-order valence-corrected chi connectivity index (χ1v) is 7.51. The van der Waals surface area contributed by atoms with Gasteiger partial charge in [0.25, 0.3) is 0 Å². The summed E-state index contributed by atoms with van der Waals surface area (Å²) in [5.41, 5.74) is 1.26. The number of esters is 1. The van der Waals surface area contributed by atoms with Gasteiger partial charge in [0.2, 0.25) is 0 Å². The molecule has 0 saturated heterocycles. The van der Waals surface area contributed by atoms with Crippen LogP contribution in [0.3, 0.4) is 0 Å². The van der Waals surface area contributed by atoms with Gasteiger partial charge in [-0.25, -0.2) is 0 Å². The van der Waals surface area contributed by atoms with E-state index in [1.165, 1.54) is 5.56 Å². The summed E-state index contributed by atoms with van der Waals surface area (Å²) in [6, 6.07) is 12.4.